The normalized spacial score (nSPS) is 10.2. The highest BCUT2D eigenvalue weighted by Crippen LogP contribution is 2.13. The molecule has 19 heavy (non-hydrogen) atoms. The number of anilines is 1. The number of carbonyl (C=O) groups excluding carboxylic acids is 1. The second-order valence-corrected chi connectivity index (χ2v) is 4.85. The summed E-state index contributed by atoms with van der Waals surface area (Å²) in [4.78, 5) is 13.7. The fraction of sp³-hybridized carbons (Fsp3) is 0.214. The van der Waals surface area contributed by atoms with E-state index < -0.39 is 0 Å². The Bertz CT molecular complexity index is 499. The molecule has 2 N–H and O–H groups in total. The molecule has 4 nitrogen and oxygen atoms in total. The van der Waals surface area contributed by atoms with Crippen LogP contribution in [0.25, 0.3) is 0 Å². The highest BCUT2D eigenvalue weighted by atomic mass is 32.1. The first-order chi connectivity index (χ1) is 9.29. The highest BCUT2D eigenvalue weighted by molar-refractivity contribution is 7.08. The third-order valence-corrected chi connectivity index (χ3v) is 3.33. The summed E-state index contributed by atoms with van der Waals surface area (Å²) < 4.78 is 0. The van der Waals surface area contributed by atoms with Gasteiger partial charge in [0.15, 0.2) is 0 Å². The molecular weight excluding hydrogens is 260 g/mol. The molecular formula is C14H16N2O2S. The number of aliphatic hydroxyl groups excluding tert-OH is 1. The number of urea groups is 1. The van der Waals surface area contributed by atoms with Crippen molar-refractivity contribution in [2.24, 2.45) is 0 Å². The molecule has 0 saturated heterocycles. The van der Waals surface area contributed by atoms with E-state index in [1.165, 1.54) is 11.3 Å². The first-order valence-electron chi connectivity index (χ1n) is 6.02. The number of hydrogen-bond acceptors (Lipinski definition) is 3. The Hall–Kier alpha value is -1.85. The van der Waals surface area contributed by atoms with Crippen molar-refractivity contribution in [2.75, 3.05) is 18.5 Å². The molecule has 1 aromatic carbocycles. The summed E-state index contributed by atoms with van der Waals surface area (Å²) in [6, 6.07) is 11.4. The molecule has 0 unspecified atom stereocenters. The molecule has 0 aliphatic heterocycles. The molecule has 0 atom stereocenters. The molecule has 0 radical (unpaired) electrons. The van der Waals surface area contributed by atoms with Gasteiger partial charge in [-0.2, -0.15) is 11.3 Å². The van der Waals surface area contributed by atoms with E-state index >= 15 is 0 Å². The molecule has 2 aromatic rings. The van der Waals surface area contributed by atoms with E-state index in [9.17, 15) is 4.79 Å². The lowest BCUT2D eigenvalue weighted by Crippen LogP contribution is -2.36. The number of carbonyl (C=O) groups is 1. The summed E-state index contributed by atoms with van der Waals surface area (Å²) >= 11 is 1.53. The van der Waals surface area contributed by atoms with E-state index in [0.717, 1.165) is 11.3 Å². The summed E-state index contributed by atoms with van der Waals surface area (Å²) in [6.07, 6.45) is 0. The van der Waals surface area contributed by atoms with Gasteiger partial charge in [-0.3, -0.25) is 0 Å². The quantitative estimate of drug-likeness (QED) is 0.882. The zero-order chi connectivity index (χ0) is 13.5. The van der Waals surface area contributed by atoms with Crippen LogP contribution in [0.3, 0.4) is 0 Å². The predicted molar refractivity (Wildman–Crippen MR) is 77.3 cm³/mol. The van der Waals surface area contributed by atoms with Crippen molar-refractivity contribution in [2.45, 2.75) is 6.54 Å². The summed E-state index contributed by atoms with van der Waals surface area (Å²) in [5.74, 6) is 0. The van der Waals surface area contributed by atoms with Crippen LogP contribution in [0, 0.1) is 0 Å². The number of thiophene rings is 1. The lowest BCUT2D eigenvalue weighted by atomic mass is 10.2. The Labute approximate surface area is 116 Å². The fourth-order valence-corrected chi connectivity index (χ4v) is 2.30. The summed E-state index contributed by atoms with van der Waals surface area (Å²) in [7, 11) is 0. The van der Waals surface area contributed by atoms with Gasteiger partial charge in [-0.15, -0.1) is 0 Å². The molecule has 0 aliphatic rings. The second kappa shape index (κ2) is 6.92. The van der Waals surface area contributed by atoms with Crippen LogP contribution in [-0.2, 0) is 6.54 Å². The molecule has 0 spiro atoms. The standard InChI is InChI=1S/C14H16N2O2S/c17-8-7-16(10-12-4-2-1-3-5-12)14(18)15-13-6-9-19-11-13/h1-6,9,11,17H,7-8,10H2,(H,15,18). The number of nitrogens with zero attached hydrogens (tertiary/aromatic N) is 1. The number of aliphatic hydroxyl groups is 1. The van der Waals surface area contributed by atoms with Gasteiger partial charge in [0.2, 0.25) is 0 Å². The maximum Gasteiger partial charge on any atom is 0.322 e. The van der Waals surface area contributed by atoms with Crippen LogP contribution in [0.4, 0.5) is 10.5 Å². The van der Waals surface area contributed by atoms with Crippen LogP contribution < -0.4 is 5.32 Å². The minimum absolute atomic E-state index is 0.0517. The first-order valence-corrected chi connectivity index (χ1v) is 6.97. The van der Waals surface area contributed by atoms with Gasteiger partial charge in [0.05, 0.1) is 12.3 Å². The topological polar surface area (TPSA) is 52.6 Å². The largest absolute Gasteiger partial charge is 0.395 e. The van der Waals surface area contributed by atoms with E-state index in [0.29, 0.717) is 13.1 Å². The van der Waals surface area contributed by atoms with Crippen molar-refractivity contribution in [3.8, 4) is 0 Å². The van der Waals surface area contributed by atoms with Crippen LogP contribution in [0.1, 0.15) is 5.56 Å². The Balaban J connectivity index is 2.00. The van der Waals surface area contributed by atoms with E-state index in [4.69, 9.17) is 5.11 Å². The van der Waals surface area contributed by atoms with Crippen molar-refractivity contribution < 1.29 is 9.90 Å². The van der Waals surface area contributed by atoms with Gasteiger partial charge < -0.3 is 15.3 Å². The van der Waals surface area contributed by atoms with Crippen molar-refractivity contribution in [1.82, 2.24) is 4.90 Å². The van der Waals surface area contributed by atoms with Gasteiger partial charge in [0.1, 0.15) is 0 Å². The van der Waals surface area contributed by atoms with Gasteiger partial charge in [0, 0.05) is 18.5 Å². The zero-order valence-corrected chi connectivity index (χ0v) is 11.3. The number of hydrogen-bond donors (Lipinski definition) is 2. The summed E-state index contributed by atoms with van der Waals surface area (Å²) in [6.45, 7) is 0.742. The minimum Gasteiger partial charge on any atom is -0.395 e. The molecule has 2 rings (SSSR count). The van der Waals surface area contributed by atoms with Crippen LogP contribution in [0.2, 0.25) is 0 Å². The van der Waals surface area contributed by atoms with E-state index in [-0.39, 0.29) is 12.6 Å². The number of amides is 2. The van der Waals surface area contributed by atoms with Crippen molar-refractivity contribution >= 4 is 23.1 Å². The second-order valence-electron chi connectivity index (χ2n) is 4.07. The smallest absolute Gasteiger partial charge is 0.322 e. The van der Waals surface area contributed by atoms with Crippen molar-refractivity contribution in [3.05, 3.63) is 52.7 Å². The third kappa shape index (κ3) is 4.08. The van der Waals surface area contributed by atoms with Crippen LogP contribution >= 0.6 is 11.3 Å². The van der Waals surface area contributed by atoms with Crippen LogP contribution in [0.5, 0.6) is 0 Å². The van der Waals surface area contributed by atoms with Gasteiger partial charge in [0.25, 0.3) is 0 Å². The SMILES string of the molecule is O=C(Nc1ccsc1)N(CCO)Cc1ccccc1. The molecule has 100 valence electrons. The lowest BCUT2D eigenvalue weighted by Gasteiger charge is -2.22. The molecule has 5 heteroatoms. The highest BCUT2D eigenvalue weighted by Gasteiger charge is 2.13. The Kier molecular flexibility index (Phi) is 4.94. The maximum atomic E-state index is 12.1. The predicted octanol–water partition coefficient (Wildman–Crippen LogP) is 2.77. The number of rotatable bonds is 5. The molecule has 0 bridgehead atoms. The molecule has 1 heterocycles. The van der Waals surface area contributed by atoms with Gasteiger partial charge in [-0.05, 0) is 17.0 Å². The molecule has 1 aromatic heterocycles. The van der Waals surface area contributed by atoms with Crippen molar-refractivity contribution in [3.63, 3.8) is 0 Å². The Morgan fingerprint density at radius 1 is 1.26 bits per heavy atom. The summed E-state index contributed by atoms with van der Waals surface area (Å²) in [5, 5.41) is 15.7. The minimum atomic E-state index is -0.198. The van der Waals surface area contributed by atoms with E-state index in [1.54, 1.807) is 4.90 Å². The third-order valence-electron chi connectivity index (χ3n) is 2.65. The van der Waals surface area contributed by atoms with Crippen LogP contribution in [0.15, 0.2) is 47.2 Å². The Morgan fingerprint density at radius 3 is 2.68 bits per heavy atom. The monoisotopic (exact) mass is 276 g/mol. The van der Waals surface area contributed by atoms with Crippen molar-refractivity contribution in [1.29, 1.82) is 0 Å². The average molecular weight is 276 g/mol. The fourth-order valence-electron chi connectivity index (χ4n) is 1.72. The average Bonchev–Trinajstić information content (AvgIpc) is 2.92. The molecule has 0 fully saturated rings. The van der Waals surface area contributed by atoms with Gasteiger partial charge in [-0.25, -0.2) is 4.79 Å². The first kappa shape index (κ1) is 13.6. The molecule has 2 amide bonds. The number of nitrogens with one attached hydrogen (secondary N) is 1. The van der Waals surface area contributed by atoms with E-state index in [1.807, 2.05) is 47.2 Å². The zero-order valence-electron chi connectivity index (χ0n) is 10.5. The van der Waals surface area contributed by atoms with Crippen LogP contribution in [-0.4, -0.2) is 29.2 Å². The van der Waals surface area contributed by atoms with Gasteiger partial charge >= 0.3 is 6.03 Å². The van der Waals surface area contributed by atoms with Gasteiger partial charge in [-0.1, -0.05) is 30.3 Å². The Morgan fingerprint density at radius 2 is 2.05 bits per heavy atom. The number of benzene rings is 1. The summed E-state index contributed by atoms with van der Waals surface area (Å²) in [5.41, 5.74) is 1.82. The molecule has 0 aliphatic carbocycles. The maximum absolute atomic E-state index is 12.1. The molecule has 0 saturated carbocycles. The van der Waals surface area contributed by atoms with E-state index in [2.05, 4.69) is 5.32 Å². The lowest BCUT2D eigenvalue weighted by molar-refractivity contribution is 0.185.